The molecule has 0 aliphatic heterocycles. The zero-order valence-corrected chi connectivity index (χ0v) is 10.6. The van der Waals surface area contributed by atoms with E-state index in [0.717, 1.165) is 17.9 Å². The molecule has 17 heavy (non-hydrogen) atoms. The average Bonchev–Trinajstić information content (AvgIpc) is 2.36. The Balaban J connectivity index is 2.38. The summed E-state index contributed by atoms with van der Waals surface area (Å²) < 4.78 is 5.52. The Hall–Kier alpha value is -1.10. The zero-order valence-electron chi connectivity index (χ0n) is 10.6. The summed E-state index contributed by atoms with van der Waals surface area (Å²) in [5.41, 5.74) is 6.58. The molecule has 3 N–H and O–H groups in total. The third kappa shape index (κ3) is 5.17. The first-order valence-electron chi connectivity index (χ1n) is 5.94. The van der Waals surface area contributed by atoms with E-state index in [1.54, 1.807) is 0 Å². The number of aliphatic hydroxyl groups is 1. The molecular weight excluding hydrogens is 216 g/mol. The van der Waals surface area contributed by atoms with Crippen molar-refractivity contribution in [3.63, 3.8) is 0 Å². The van der Waals surface area contributed by atoms with Crippen LogP contribution in [0.4, 0.5) is 0 Å². The van der Waals surface area contributed by atoms with Crippen LogP contribution >= 0.6 is 0 Å². The van der Waals surface area contributed by atoms with Crippen molar-refractivity contribution in [3.8, 4) is 5.75 Å². The number of aliphatic hydroxyl groups excluding tert-OH is 1. The second kappa shape index (κ2) is 7.27. The van der Waals surface area contributed by atoms with Crippen molar-refractivity contribution in [2.45, 2.75) is 19.6 Å². The van der Waals surface area contributed by atoms with Crippen molar-refractivity contribution in [1.82, 2.24) is 4.90 Å². The number of hydrogen-bond donors (Lipinski definition) is 2. The molecule has 4 heteroatoms. The van der Waals surface area contributed by atoms with Crippen LogP contribution in [0, 0.1) is 0 Å². The molecular formula is C13H22N2O2. The topological polar surface area (TPSA) is 58.7 Å². The normalized spacial score (nSPS) is 12.8. The first-order valence-corrected chi connectivity index (χ1v) is 5.94. The molecule has 1 aromatic carbocycles. The summed E-state index contributed by atoms with van der Waals surface area (Å²) in [5, 5.41) is 9.75. The Morgan fingerprint density at radius 3 is 2.88 bits per heavy atom. The van der Waals surface area contributed by atoms with E-state index in [0.29, 0.717) is 19.7 Å². The number of benzene rings is 1. The zero-order chi connectivity index (χ0) is 12.7. The summed E-state index contributed by atoms with van der Waals surface area (Å²) in [6.07, 6.45) is -0.471. The molecule has 0 spiro atoms. The highest BCUT2D eigenvalue weighted by molar-refractivity contribution is 5.28. The third-order valence-electron chi connectivity index (χ3n) is 2.64. The molecule has 0 saturated heterocycles. The van der Waals surface area contributed by atoms with Crippen molar-refractivity contribution >= 4 is 0 Å². The summed E-state index contributed by atoms with van der Waals surface area (Å²) in [4.78, 5) is 2.05. The van der Waals surface area contributed by atoms with Crippen molar-refractivity contribution < 1.29 is 9.84 Å². The predicted molar refractivity (Wildman–Crippen MR) is 69.0 cm³/mol. The quantitative estimate of drug-likeness (QED) is 0.739. The summed E-state index contributed by atoms with van der Waals surface area (Å²) >= 11 is 0. The van der Waals surface area contributed by atoms with Gasteiger partial charge < -0.3 is 20.5 Å². The number of rotatable bonds is 7. The lowest BCUT2D eigenvalue weighted by atomic mass is 10.2. The van der Waals surface area contributed by atoms with Gasteiger partial charge in [-0.15, -0.1) is 0 Å². The van der Waals surface area contributed by atoms with Crippen LogP contribution in [0.5, 0.6) is 5.75 Å². The van der Waals surface area contributed by atoms with Crippen LogP contribution in [0.2, 0.25) is 0 Å². The van der Waals surface area contributed by atoms with Crippen molar-refractivity contribution in [2.75, 3.05) is 26.7 Å². The first-order chi connectivity index (χ1) is 8.15. The van der Waals surface area contributed by atoms with Gasteiger partial charge in [0, 0.05) is 13.1 Å². The van der Waals surface area contributed by atoms with E-state index in [-0.39, 0.29) is 0 Å². The molecule has 0 fully saturated rings. The molecule has 96 valence electrons. The lowest BCUT2D eigenvalue weighted by Gasteiger charge is -2.19. The number of nitrogens with two attached hydrogens (primary N) is 1. The van der Waals surface area contributed by atoms with Gasteiger partial charge in [0.1, 0.15) is 18.5 Å². The van der Waals surface area contributed by atoms with Gasteiger partial charge in [0.15, 0.2) is 0 Å². The van der Waals surface area contributed by atoms with E-state index in [1.165, 1.54) is 0 Å². The van der Waals surface area contributed by atoms with Gasteiger partial charge in [-0.3, -0.25) is 0 Å². The average molecular weight is 238 g/mol. The highest BCUT2D eigenvalue weighted by atomic mass is 16.5. The van der Waals surface area contributed by atoms with E-state index in [4.69, 9.17) is 10.5 Å². The molecule has 4 nitrogen and oxygen atoms in total. The van der Waals surface area contributed by atoms with Gasteiger partial charge in [0.2, 0.25) is 0 Å². The fourth-order valence-electron chi connectivity index (χ4n) is 1.50. The van der Waals surface area contributed by atoms with Gasteiger partial charge in [0.05, 0.1) is 0 Å². The summed E-state index contributed by atoms with van der Waals surface area (Å²) in [6.45, 7) is 4.39. The second-order valence-corrected chi connectivity index (χ2v) is 4.17. The standard InChI is InChI=1S/C13H22N2O2/c1-3-15(2)9-12(16)10-17-13-6-4-5-11(7-13)8-14/h4-7,12,16H,3,8-10,14H2,1-2H3. The minimum Gasteiger partial charge on any atom is -0.491 e. The first kappa shape index (κ1) is 14.0. The van der Waals surface area contributed by atoms with Crippen LogP contribution in [0.15, 0.2) is 24.3 Å². The lowest BCUT2D eigenvalue weighted by Crippen LogP contribution is -2.32. The largest absolute Gasteiger partial charge is 0.491 e. The van der Waals surface area contributed by atoms with Gasteiger partial charge in [-0.1, -0.05) is 19.1 Å². The fraction of sp³-hybridized carbons (Fsp3) is 0.538. The van der Waals surface area contributed by atoms with Gasteiger partial charge >= 0.3 is 0 Å². The number of likely N-dealkylation sites (N-methyl/N-ethyl adjacent to an activating group) is 1. The lowest BCUT2D eigenvalue weighted by molar-refractivity contribution is 0.0778. The monoisotopic (exact) mass is 238 g/mol. The summed E-state index contributed by atoms with van der Waals surface area (Å²) in [6, 6.07) is 7.63. The maximum Gasteiger partial charge on any atom is 0.119 e. The number of nitrogens with zero attached hydrogens (tertiary/aromatic N) is 1. The summed E-state index contributed by atoms with van der Waals surface area (Å²) in [7, 11) is 1.97. The van der Waals surface area contributed by atoms with Crippen molar-refractivity contribution in [2.24, 2.45) is 5.73 Å². The predicted octanol–water partition coefficient (Wildman–Crippen LogP) is 0.837. The third-order valence-corrected chi connectivity index (χ3v) is 2.64. The van der Waals surface area contributed by atoms with Crippen molar-refractivity contribution in [3.05, 3.63) is 29.8 Å². The smallest absolute Gasteiger partial charge is 0.119 e. The molecule has 0 bridgehead atoms. The minimum atomic E-state index is -0.471. The Kier molecular flexibility index (Phi) is 5.97. The highest BCUT2D eigenvalue weighted by Gasteiger charge is 2.07. The van der Waals surface area contributed by atoms with E-state index >= 15 is 0 Å². The maximum absolute atomic E-state index is 9.75. The molecule has 0 saturated carbocycles. The van der Waals surface area contributed by atoms with Crippen LogP contribution < -0.4 is 10.5 Å². The minimum absolute atomic E-state index is 0.304. The number of ether oxygens (including phenoxy) is 1. The molecule has 0 aromatic heterocycles. The Bertz CT molecular complexity index is 331. The molecule has 0 heterocycles. The molecule has 1 unspecified atom stereocenters. The van der Waals surface area contributed by atoms with Crippen LogP contribution in [0.1, 0.15) is 12.5 Å². The SMILES string of the molecule is CCN(C)CC(O)COc1cccc(CN)c1. The van der Waals surface area contributed by atoms with Gasteiger partial charge in [0.25, 0.3) is 0 Å². The Morgan fingerprint density at radius 1 is 1.47 bits per heavy atom. The fourth-order valence-corrected chi connectivity index (χ4v) is 1.50. The van der Waals surface area contributed by atoms with Crippen LogP contribution in [-0.4, -0.2) is 42.9 Å². The van der Waals surface area contributed by atoms with E-state index in [1.807, 2.05) is 36.2 Å². The molecule has 0 amide bonds. The maximum atomic E-state index is 9.75. The Morgan fingerprint density at radius 2 is 2.24 bits per heavy atom. The molecule has 1 rings (SSSR count). The van der Waals surface area contributed by atoms with Crippen molar-refractivity contribution in [1.29, 1.82) is 0 Å². The van der Waals surface area contributed by atoms with Gasteiger partial charge in [-0.2, -0.15) is 0 Å². The number of hydrogen-bond acceptors (Lipinski definition) is 4. The second-order valence-electron chi connectivity index (χ2n) is 4.17. The van der Waals surface area contributed by atoms with E-state index < -0.39 is 6.10 Å². The molecule has 1 atom stereocenters. The molecule has 0 aliphatic rings. The van der Waals surface area contributed by atoms with E-state index in [9.17, 15) is 5.11 Å². The summed E-state index contributed by atoms with van der Waals surface area (Å²) in [5.74, 6) is 0.756. The van der Waals surface area contributed by atoms with Crippen LogP contribution in [-0.2, 0) is 6.54 Å². The van der Waals surface area contributed by atoms with Crippen LogP contribution in [0.25, 0.3) is 0 Å². The highest BCUT2D eigenvalue weighted by Crippen LogP contribution is 2.13. The van der Waals surface area contributed by atoms with E-state index in [2.05, 4.69) is 6.92 Å². The molecule has 0 radical (unpaired) electrons. The molecule has 0 aliphatic carbocycles. The Labute approximate surface area is 103 Å². The van der Waals surface area contributed by atoms with Gasteiger partial charge in [-0.05, 0) is 31.3 Å². The van der Waals surface area contributed by atoms with Crippen LogP contribution in [0.3, 0.4) is 0 Å². The molecule has 1 aromatic rings. The van der Waals surface area contributed by atoms with Gasteiger partial charge in [-0.25, -0.2) is 0 Å².